The second-order valence-electron chi connectivity index (χ2n) is 6.00. The predicted octanol–water partition coefficient (Wildman–Crippen LogP) is 2.23. The molecule has 3 N–H and O–H groups in total. The Hall–Kier alpha value is -1.36. The summed E-state index contributed by atoms with van der Waals surface area (Å²) in [6.45, 7) is 4.13. The molecule has 2 aliphatic rings. The summed E-state index contributed by atoms with van der Waals surface area (Å²) in [5.41, 5.74) is 3.26. The SMILES string of the molecule is Cc1nc(NN)cc(N2CCC3(CCCC3)CC2)n1. The van der Waals surface area contributed by atoms with Gasteiger partial charge in [-0.2, -0.15) is 0 Å². The fourth-order valence-electron chi connectivity index (χ4n) is 3.62. The summed E-state index contributed by atoms with van der Waals surface area (Å²) >= 11 is 0. The molecule has 2 heterocycles. The average molecular weight is 261 g/mol. The predicted molar refractivity (Wildman–Crippen MR) is 76.9 cm³/mol. The number of rotatable bonds is 2. The highest BCUT2D eigenvalue weighted by Gasteiger charge is 2.37. The van der Waals surface area contributed by atoms with Gasteiger partial charge in [0.25, 0.3) is 0 Å². The molecule has 1 aliphatic carbocycles. The Balaban J connectivity index is 1.72. The molecule has 0 amide bonds. The molecule has 1 saturated carbocycles. The van der Waals surface area contributed by atoms with E-state index in [0.29, 0.717) is 11.2 Å². The molecule has 2 fully saturated rings. The molecule has 1 saturated heterocycles. The van der Waals surface area contributed by atoms with Crippen molar-refractivity contribution in [2.75, 3.05) is 23.4 Å². The Labute approximate surface area is 114 Å². The summed E-state index contributed by atoms with van der Waals surface area (Å²) in [4.78, 5) is 11.2. The highest BCUT2D eigenvalue weighted by Crippen LogP contribution is 2.46. The Morgan fingerprint density at radius 3 is 2.47 bits per heavy atom. The fourth-order valence-corrected chi connectivity index (χ4v) is 3.62. The minimum Gasteiger partial charge on any atom is -0.356 e. The van der Waals surface area contributed by atoms with Crippen molar-refractivity contribution in [1.29, 1.82) is 0 Å². The number of hydrogen-bond donors (Lipinski definition) is 2. The van der Waals surface area contributed by atoms with Crippen LogP contribution in [0.1, 0.15) is 44.3 Å². The largest absolute Gasteiger partial charge is 0.356 e. The molecule has 0 radical (unpaired) electrons. The van der Waals surface area contributed by atoms with Gasteiger partial charge in [-0.3, -0.25) is 0 Å². The van der Waals surface area contributed by atoms with Crippen molar-refractivity contribution in [2.24, 2.45) is 11.3 Å². The van der Waals surface area contributed by atoms with Crippen LogP contribution in [-0.2, 0) is 0 Å². The Kier molecular flexibility index (Phi) is 3.31. The van der Waals surface area contributed by atoms with E-state index in [0.717, 1.165) is 24.7 Å². The first-order chi connectivity index (χ1) is 9.21. The van der Waals surface area contributed by atoms with Crippen LogP contribution in [-0.4, -0.2) is 23.1 Å². The number of nitrogens with one attached hydrogen (secondary N) is 1. The van der Waals surface area contributed by atoms with Gasteiger partial charge >= 0.3 is 0 Å². The standard InChI is InChI=1S/C14H23N5/c1-11-16-12(18-15)10-13(17-11)19-8-6-14(7-9-19)4-2-3-5-14/h10H,2-9,15H2,1H3,(H,16,17,18). The molecular weight excluding hydrogens is 238 g/mol. The minimum absolute atomic E-state index is 0.646. The zero-order valence-corrected chi connectivity index (χ0v) is 11.7. The lowest BCUT2D eigenvalue weighted by Crippen LogP contribution is -2.39. The average Bonchev–Trinajstić information content (AvgIpc) is 2.87. The molecular formula is C14H23N5. The van der Waals surface area contributed by atoms with E-state index in [4.69, 9.17) is 5.84 Å². The van der Waals surface area contributed by atoms with Crippen molar-refractivity contribution < 1.29 is 0 Å². The summed E-state index contributed by atoms with van der Waals surface area (Å²) in [7, 11) is 0. The van der Waals surface area contributed by atoms with Gasteiger partial charge in [-0.15, -0.1) is 0 Å². The van der Waals surface area contributed by atoms with Crippen LogP contribution < -0.4 is 16.2 Å². The molecule has 0 aromatic carbocycles. The molecule has 3 rings (SSSR count). The number of piperidine rings is 1. The molecule has 1 aromatic heterocycles. The fraction of sp³-hybridized carbons (Fsp3) is 0.714. The van der Waals surface area contributed by atoms with Crippen molar-refractivity contribution >= 4 is 11.6 Å². The van der Waals surface area contributed by atoms with E-state index < -0.39 is 0 Å². The van der Waals surface area contributed by atoms with Gasteiger partial charge in [0.05, 0.1) is 0 Å². The summed E-state index contributed by atoms with van der Waals surface area (Å²) in [5.74, 6) is 7.93. The number of hydrogen-bond acceptors (Lipinski definition) is 5. The molecule has 0 atom stereocenters. The van der Waals surface area contributed by atoms with E-state index in [1.807, 2.05) is 13.0 Å². The van der Waals surface area contributed by atoms with Crippen molar-refractivity contribution in [1.82, 2.24) is 9.97 Å². The number of nitrogen functional groups attached to an aromatic ring is 1. The lowest BCUT2D eigenvalue weighted by atomic mass is 9.77. The molecule has 1 aromatic rings. The number of nitrogens with two attached hydrogens (primary N) is 1. The van der Waals surface area contributed by atoms with Gasteiger partial charge < -0.3 is 10.3 Å². The number of anilines is 2. The zero-order chi connectivity index (χ0) is 13.3. The molecule has 0 bridgehead atoms. The van der Waals surface area contributed by atoms with Gasteiger partial charge in [0.1, 0.15) is 17.5 Å². The van der Waals surface area contributed by atoms with Gasteiger partial charge in [0.2, 0.25) is 0 Å². The third-order valence-electron chi connectivity index (χ3n) is 4.78. The van der Waals surface area contributed by atoms with Crippen LogP contribution in [0.2, 0.25) is 0 Å². The van der Waals surface area contributed by atoms with Gasteiger partial charge in [0.15, 0.2) is 0 Å². The van der Waals surface area contributed by atoms with Gasteiger partial charge in [-0.25, -0.2) is 15.8 Å². The van der Waals surface area contributed by atoms with Crippen molar-refractivity contribution in [2.45, 2.75) is 45.4 Å². The molecule has 1 spiro atoms. The van der Waals surface area contributed by atoms with Crippen LogP contribution in [0.15, 0.2) is 6.07 Å². The molecule has 104 valence electrons. The maximum atomic E-state index is 5.45. The van der Waals surface area contributed by atoms with Crippen molar-refractivity contribution in [3.8, 4) is 0 Å². The quantitative estimate of drug-likeness (QED) is 0.631. The number of aromatic nitrogens is 2. The Morgan fingerprint density at radius 1 is 1.16 bits per heavy atom. The molecule has 0 unspecified atom stereocenters. The normalized spacial score (nSPS) is 21.9. The van der Waals surface area contributed by atoms with Gasteiger partial charge in [-0.1, -0.05) is 12.8 Å². The first kappa shape index (κ1) is 12.7. The first-order valence-corrected chi connectivity index (χ1v) is 7.28. The van der Waals surface area contributed by atoms with Crippen LogP contribution in [0.3, 0.4) is 0 Å². The van der Waals surface area contributed by atoms with E-state index in [2.05, 4.69) is 20.3 Å². The van der Waals surface area contributed by atoms with E-state index in [9.17, 15) is 0 Å². The summed E-state index contributed by atoms with van der Waals surface area (Å²) in [6, 6.07) is 1.94. The third-order valence-corrected chi connectivity index (χ3v) is 4.78. The number of hydrazine groups is 1. The lowest BCUT2D eigenvalue weighted by Gasteiger charge is -2.40. The van der Waals surface area contributed by atoms with E-state index in [1.54, 1.807) is 0 Å². The van der Waals surface area contributed by atoms with Gasteiger partial charge in [0, 0.05) is 19.2 Å². The maximum absolute atomic E-state index is 5.45. The van der Waals surface area contributed by atoms with E-state index in [-0.39, 0.29) is 0 Å². The van der Waals surface area contributed by atoms with Crippen molar-refractivity contribution in [3.05, 3.63) is 11.9 Å². The molecule has 5 heteroatoms. The van der Waals surface area contributed by atoms with Crippen LogP contribution in [0.4, 0.5) is 11.6 Å². The van der Waals surface area contributed by atoms with Crippen LogP contribution in [0.25, 0.3) is 0 Å². The Morgan fingerprint density at radius 2 is 1.84 bits per heavy atom. The smallest absolute Gasteiger partial charge is 0.145 e. The molecule has 19 heavy (non-hydrogen) atoms. The molecule has 1 aliphatic heterocycles. The second-order valence-corrected chi connectivity index (χ2v) is 6.00. The molecule has 5 nitrogen and oxygen atoms in total. The lowest BCUT2D eigenvalue weighted by molar-refractivity contribution is 0.226. The summed E-state index contributed by atoms with van der Waals surface area (Å²) in [6.07, 6.45) is 8.32. The van der Waals surface area contributed by atoms with E-state index in [1.165, 1.54) is 38.5 Å². The Bertz CT molecular complexity index is 443. The van der Waals surface area contributed by atoms with Crippen molar-refractivity contribution in [3.63, 3.8) is 0 Å². The summed E-state index contributed by atoms with van der Waals surface area (Å²) < 4.78 is 0. The van der Waals surface area contributed by atoms with Crippen LogP contribution in [0, 0.1) is 12.3 Å². The highest BCUT2D eigenvalue weighted by atomic mass is 15.3. The minimum atomic E-state index is 0.646. The third kappa shape index (κ3) is 2.52. The highest BCUT2D eigenvalue weighted by molar-refractivity contribution is 5.49. The second kappa shape index (κ2) is 4.96. The zero-order valence-electron chi connectivity index (χ0n) is 11.7. The number of nitrogens with zero attached hydrogens (tertiary/aromatic N) is 3. The van der Waals surface area contributed by atoms with E-state index >= 15 is 0 Å². The number of aryl methyl sites for hydroxylation is 1. The monoisotopic (exact) mass is 261 g/mol. The topological polar surface area (TPSA) is 67.1 Å². The van der Waals surface area contributed by atoms with Gasteiger partial charge in [-0.05, 0) is 38.0 Å². The summed E-state index contributed by atoms with van der Waals surface area (Å²) in [5, 5.41) is 0. The maximum Gasteiger partial charge on any atom is 0.145 e. The first-order valence-electron chi connectivity index (χ1n) is 7.28. The van der Waals surface area contributed by atoms with Crippen LogP contribution >= 0.6 is 0 Å². The van der Waals surface area contributed by atoms with Crippen LogP contribution in [0.5, 0.6) is 0 Å².